The maximum Gasteiger partial charge on any atom is 0.269 e. The molecule has 1 saturated carbocycles. The lowest BCUT2D eigenvalue weighted by atomic mass is 9.92. The van der Waals surface area contributed by atoms with Crippen LogP contribution in [0.25, 0.3) is 0 Å². The van der Waals surface area contributed by atoms with Crippen molar-refractivity contribution in [3.05, 3.63) is 39.9 Å². The minimum absolute atomic E-state index is 0.140. The zero-order valence-corrected chi connectivity index (χ0v) is 8.48. The molecule has 1 aromatic carbocycles. The van der Waals surface area contributed by atoms with Crippen LogP contribution >= 0.6 is 0 Å². The van der Waals surface area contributed by atoms with Crippen LogP contribution in [0, 0.1) is 10.1 Å². The Balaban J connectivity index is 2.29. The molecule has 4 nitrogen and oxygen atoms in total. The summed E-state index contributed by atoms with van der Waals surface area (Å²) in [7, 11) is 0. The van der Waals surface area contributed by atoms with Gasteiger partial charge >= 0.3 is 0 Å². The van der Waals surface area contributed by atoms with Gasteiger partial charge in [-0.15, -0.1) is 0 Å². The maximum atomic E-state index is 10.6. The van der Waals surface area contributed by atoms with Crippen LogP contribution < -0.4 is 5.73 Å². The molecule has 2 rings (SSSR count). The molecule has 0 heterocycles. The van der Waals surface area contributed by atoms with Crippen LogP contribution in [0.1, 0.15) is 24.8 Å². The predicted molar refractivity (Wildman–Crippen MR) is 57.7 cm³/mol. The second-order valence-electron chi connectivity index (χ2n) is 4.13. The second-order valence-corrected chi connectivity index (χ2v) is 4.13. The molecular formula is C11H14N2O2. The molecule has 0 spiro atoms. The van der Waals surface area contributed by atoms with Crippen molar-refractivity contribution in [3.63, 3.8) is 0 Å². The largest absolute Gasteiger partial charge is 0.330 e. The Hall–Kier alpha value is -1.42. The summed E-state index contributed by atoms with van der Waals surface area (Å²) < 4.78 is 0. The molecule has 0 bridgehead atoms. The fraction of sp³-hybridized carbons (Fsp3) is 0.455. The Kier molecular flexibility index (Phi) is 2.44. The van der Waals surface area contributed by atoms with E-state index in [0.29, 0.717) is 6.54 Å². The van der Waals surface area contributed by atoms with Gasteiger partial charge in [-0.05, 0) is 36.8 Å². The van der Waals surface area contributed by atoms with E-state index < -0.39 is 0 Å². The van der Waals surface area contributed by atoms with Crippen molar-refractivity contribution in [2.24, 2.45) is 5.73 Å². The molecule has 4 heteroatoms. The van der Waals surface area contributed by atoms with Crippen molar-refractivity contribution >= 4 is 5.69 Å². The van der Waals surface area contributed by atoms with E-state index in [1.165, 1.54) is 6.07 Å². The molecule has 0 atom stereocenters. The lowest BCUT2D eigenvalue weighted by Crippen LogP contribution is -2.13. The molecule has 0 aliphatic heterocycles. The number of hydrogen-bond acceptors (Lipinski definition) is 3. The summed E-state index contributed by atoms with van der Waals surface area (Å²) in [6.45, 7) is 0.642. The monoisotopic (exact) mass is 206 g/mol. The number of nitro groups is 1. The highest BCUT2D eigenvalue weighted by molar-refractivity contribution is 5.40. The van der Waals surface area contributed by atoms with Crippen molar-refractivity contribution < 1.29 is 4.92 Å². The van der Waals surface area contributed by atoms with E-state index in [2.05, 4.69) is 0 Å². The summed E-state index contributed by atoms with van der Waals surface area (Å²) in [6, 6.07) is 6.93. The molecule has 0 aromatic heterocycles. The Morgan fingerprint density at radius 3 is 2.73 bits per heavy atom. The number of hydrogen-bond donors (Lipinski definition) is 1. The highest BCUT2D eigenvalue weighted by Crippen LogP contribution is 2.51. The Morgan fingerprint density at radius 2 is 2.20 bits per heavy atom. The van der Waals surface area contributed by atoms with Crippen LogP contribution in [0.2, 0.25) is 0 Å². The molecule has 0 amide bonds. The molecule has 1 aliphatic carbocycles. The molecule has 15 heavy (non-hydrogen) atoms. The molecule has 1 fully saturated rings. The van der Waals surface area contributed by atoms with E-state index in [0.717, 1.165) is 24.8 Å². The summed E-state index contributed by atoms with van der Waals surface area (Å²) in [5.74, 6) is 0. The number of nitrogens with zero attached hydrogens (tertiary/aromatic N) is 1. The molecule has 0 radical (unpaired) electrons. The summed E-state index contributed by atoms with van der Waals surface area (Å²) in [5, 5.41) is 10.6. The second kappa shape index (κ2) is 3.62. The first-order valence-electron chi connectivity index (χ1n) is 5.13. The fourth-order valence-electron chi connectivity index (χ4n) is 2.06. The van der Waals surface area contributed by atoms with E-state index in [1.54, 1.807) is 12.1 Å². The van der Waals surface area contributed by atoms with E-state index in [1.807, 2.05) is 6.07 Å². The Labute approximate surface area is 88.2 Å². The summed E-state index contributed by atoms with van der Waals surface area (Å²) in [4.78, 5) is 10.3. The zero-order valence-electron chi connectivity index (χ0n) is 8.48. The molecular weight excluding hydrogens is 192 g/mol. The summed E-state index contributed by atoms with van der Waals surface area (Å²) in [6.07, 6.45) is 3.13. The number of nitro benzene ring substituents is 1. The summed E-state index contributed by atoms with van der Waals surface area (Å²) >= 11 is 0. The first kappa shape index (κ1) is 10.1. The smallest absolute Gasteiger partial charge is 0.269 e. The standard InChI is InChI=1S/C11H14N2O2/c12-7-6-11(4-5-11)9-2-1-3-10(8-9)13(14)15/h1-3,8H,4-7,12H2. The minimum Gasteiger partial charge on any atom is -0.330 e. The van der Waals surface area contributed by atoms with Crippen LogP contribution in [-0.4, -0.2) is 11.5 Å². The van der Waals surface area contributed by atoms with Crippen LogP contribution in [0.4, 0.5) is 5.69 Å². The van der Waals surface area contributed by atoms with Gasteiger partial charge in [0.25, 0.3) is 5.69 Å². The van der Waals surface area contributed by atoms with Gasteiger partial charge in [-0.25, -0.2) is 0 Å². The van der Waals surface area contributed by atoms with Gasteiger partial charge in [-0.1, -0.05) is 12.1 Å². The van der Waals surface area contributed by atoms with Gasteiger partial charge in [-0.3, -0.25) is 10.1 Å². The average Bonchev–Trinajstić information content (AvgIpc) is 3.00. The molecule has 2 N–H and O–H groups in total. The minimum atomic E-state index is -0.345. The van der Waals surface area contributed by atoms with Crippen LogP contribution in [-0.2, 0) is 5.41 Å². The highest BCUT2D eigenvalue weighted by Gasteiger charge is 2.43. The topological polar surface area (TPSA) is 69.2 Å². The highest BCUT2D eigenvalue weighted by atomic mass is 16.6. The fourth-order valence-corrected chi connectivity index (χ4v) is 2.06. The van der Waals surface area contributed by atoms with Crippen molar-refractivity contribution in [1.82, 2.24) is 0 Å². The van der Waals surface area contributed by atoms with Crippen molar-refractivity contribution in [1.29, 1.82) is 0 Å². The van der Waals surface area contributed by atoms with E-state index in [4.69, 9.17) is 5.73 Å². The molecule has 1 aliphatic rings. The van der Waals surface area contributed by atoms with E-state index in [9.17, 15) is 10.1 Å². The molecule has 0 saturated heterocycles. The van der Waals surface area contributed by atoms with Gasteiger partial charge in [-0.2, -0.15) is 0 Å². The van der Waals surface area contributed by atoms with Gasteiger partial charge < -0.3 is 5.73 Å². The van der Waals surface area contributed by atoms with Gasteiger partial charge in [0.1, 0.15) is 0 Å². The third kappa shape index (κ3) is 1.85. The average molecular weight is 206 g/mol. The molecule has 0 unspecified atom stereocenters. The molecule has 80 valence electrons. The molecule has 1 aromatic rings. The first-order valence-corrected chi connectivity index (χ1v) is 5.13. The van der Waals surface area contributed by atoms with Crippen LogP contribution in [0.3, 0.4) is 0 Å². The number of nitrogens with two attached hydrogens (primary N) is 1. The number of non-ortho nitro benzene ring substituents is 1. The Bertz CT molecular complexity index is 386. The maximum absolute atomic E-state index is 10.6. The lowest BCUT2D eigenvalue weighted by Gasteiger charge is -2.13. The van der Waals surface area contributed by atoms with Crippen molar-refractivity contribution in [3.8, 4) is 0 Å². The van der Waals surface area contributed by atoms with Crippen molar-refractivity contribution in [2.75, 3.05) is 6.54 Å². The summed E-state index contributed by atoms with van der Waals surface area (Å²) in [5.41, 5.74) is 6.94. The third-order valence-corrected chi connectivity index (χ3v) is 3.15. The Morgan fingerprint density at radius 1 is 1.47 bits per heavy atom. The van der Waals surface area contributed by atoms with Crippen molar-refractivity contribution in [2.45, 2.75) is 24.7 Å². The van der Waals surface area contributed by atoms with E-state index >= 15 is 0 Å². The third-order valence-electron chi connectivity index (χ3n) is 3.15. The predicted octanol–water partition coefficient (Wildman–Crippen LogP) is 1.98. The first-order chi connectivity index (χ1) is 7.18. The van der Waals surface area contributed by atoms with E-state index in [-0.39, 0.29) is 16.0 Å². The quantitative estimate of drug-likeness (QED) is 0.604. The zero-order chi connectivity index (χ0) is 10.9. The normalized spacial score (nSPS) is 17.4. The van der Waals surface area contributed by atoms with Gasteiger partial charge in [0.15, 0.2) is 0 Å². The lowest BCUT2D eigenvalue weighted by molar-refractivity contribution is -0.384. The number of benzene rings is 1. The van der Waals surface area contributed by atoms with Gasteiger partial charge in [0, 0.05) is 12.1 Å². The van der Waals surface area contributed by atoms with Gasteiger partial charge in [0.05, 0.1) is 4.92 Å². The van der Waals surface area contributed by atoms with Crippen LogP contribution in [0.5, 0.6) is 0 Å². The van der Waals surface area contributed by atoms with Gasteiger partial charge in [0.2, 0.25) is 0 Å². The number of rotatable bonds is 4. The SMILES string of the molecule is NCCC1(c2cccc([N+](=O)[O-])c2)CC1. The van der Waals surface area contributed by atoms with Crippen LogP contribution in [0.15, 0.2) is 24.3 Å².